The number of methoxy groups -OCH3 is 1. The van der Waals surface area contributed by atoms with Crippen molar-refractivity contribution in [3.63, 3.8) is 0 Å². The van der Waals surface area contributed by atoms with Gasteiger partial charge in [-0.05, 0) is 42.6 Å². The van der Waals surface area contributed by atoms with Crippen LogP contribution in [0.2, 0.25) is 0 Å². The minimum Gasteiger partial charge on any atom is -0.379 e. The SMILES string of the molecule is CNC(Cc1cc(F)cc(Br)c1)C(OC)C(C)(C)C. The molecule has 4 heteroatoms. The van der Waals surface area contributed by atoms with Gasteiger partial charge in [-0.1, -0.05) is 36.7 Å². The third-order valence-corrected chi connectivity index (χ3v) is 3.68. The van der Waals surface area contributed by atoms with Gasteiger partial charge in [-0.15, -0.1) is 0 Å². The van der Waals surface area contributed by atoms with Gasteiger partial charge in [0.1, 0.15) is 5.82 Å². The molecule has 0 heterocycles. The second-order valence-electron chi connectivity index (χ2n) is 5.90. The van der Waals surface area contributed by atoms with Crippen LogP contribution >= 0.6 is 15.9 Å². The maximum absolute atomic E-state index is 13.4. The average Bonchev–Trinajstić information content (AvgIpc) is 2.25. The molecule has 2 nitrogen and oxygen atoms in total. The molecule has 2 unspecified atom stereocenters. The third-order valence-electron chi connectivity index (χ3n) is 3.22. The number of ether oxygens (including phenoxy) is 1. The van der Waals surface area contributed by atoms with Gasteiger partial charge >= 0.3 is 0 Å². The fraction of sp³-hybridized carbons (Fsp3) is 0.600. The van der Waals surface area contributed by atoms with Crippen molar-refractivity contribution in [1.29, 1.82) is 0 Å². The van der Waals surface area contributed by atoms with Crippen LogP contribution in [0.3, 0.4) is 0 Å². The summed E-state index contributed by atoms with van der Waals surface area (Å²) in [5.74, 6) is -0.219. The molecule has 0 fully saturated rings. The molecular weight excluding hydrogens is 309 g/mol. The number of benzene rings is 1. The first-order valence-corrected chi connectivity index (χ1v) is 7.22. The van der Waals surface area contributed by atoms with Gasteiger partial charge in [0.05, 0.1) is 6.10 Å². The van der Waals surface area contributed by atoms with Crippen molar-refractivity contribution in [2.24, 2.45) is 5.41 Å². The highest BCUT2D eigenvalue weighted by Gasteiger charge is 2.31. The van der Waals surface area contributed by atoms with E-state index in [4.69, 9.17) is 4.74 Å². The van der Waals surface area contributed by atoms with Crippen LogP contribution in [0.1, 0.15) is 26.3 Å². The lowest BCUT2D eigenvalue weighted by Crippen LogP contribution is -2.47. The first-order valence-electron chi connectivity index (χ1n) is 6.43. The number of rotatable bonds is 5. The minimum atomic E-state index is -0.219. The topological polar surface area (TPSA) is 21.3 Å². The van der Waals surface area contributed by atoms with Crippen LogP contribution in [0.25, 0.3) is 0 Å². The number of likely N-dealkylation sites (N-methyl/N-ethyl adjacent to an activating group) is 1. The molecule has 0 saturated carbocycles. The van der Waals surface area contributed by atoms with Crippen molar-refractivity contribution in [2.45, 2.75) is 39.3 Å². The molecule has 0 aromatic heterocycles. The molecule has 1 rings (SSSR count). The van der Waals surface area contributed by atoms with Crippen LogP contribution in [0.15, 0.2) is 22.7 Å². The number of hydrogen-bond acceptors (Lipinski definition) is 2. The smallest absolute Gasteiger partial charge is 0.124 e. The van der Waals surface area contributed by atoms with Crippen molar-refractivity contribution in [1.82, 2.24) is 5.32 Å². The van der Waals surface area contributed by atoms with E-state index < -0.39 is 0 Å². The van der Waals surface area contributed by atoms with Crippen LogP contribution in [0, 0.1) is 11.2 Å². The zero-order valence-electron chi connectivity index (χ0n) is 12.3. The average molecular weight is 332 g/mol. The van der Waals surface area contributed by atoms with E-state index in [-0.39, 0.29) is 23.4 Å². The maximum Gasteiger partial charge on any atom is 0.124 e. The summed E-state index contributed by atoms with van der Waals surface area (Å²) >= 11 is 3.33. The molecular formula is C15H23BrFNO. The maximum atomic E-state index is 13.4. The van der Waals surface area contributed by atoms with E-state index in [0.717, 1.165) is 16.5 Å². The zero-order valence-corrected chi connectivity index (χ0v) is 13.8. The summed E-state index contributed by atoms with van der Waals surface area (Å²) in [6.07, 6.45) is 0.780. The van der Waals surface area contributed by atoms with Crippen LogP contribution in [0.5, 0.6) is 0 Å². The lowest BCUT2D eigenvalue weighted by atomic mass is 9.82. The Morgan fingerprint density at radius 1 is 1.32 bits per heavy atom. The van der Waals surface area contributed by atoms with Gasteiger partial charge in [0, 0.05) is 17.6 Å². The third kappa shape index (κ3) is 4.86. The Hall–Kier alpha value is -0.450. The molecule has 1 aromatic carbocycles. The van der Waals surface area contributed by atoms with Crippen molar-refractivity contribution in [3.05, 3.63) is 34.1 Å². The van der Waals surface area contributed by atoms with Gasteiger partial charge in [-0.3, -0.25) is 0 Å². The fourth-order valence-corrected chi connectivity index (χ4v) is 2.98. The van der Waals surface area contributed by atoms with Gasteiger partial charge in [0.2, 0.25) is 0 Å². The van der Waals surface area contributed by atoms with Crippen LogP contribution in [-0.2, 0) is 11.2 Å². The van der Waals surface area contributed by atoms with Crippen molar-refractivity contribution in [3.8, 4) is 0 Å². The van der Waals surface area contributed by atoms with Crippen LogP contribution in [0.4, 0.5) is 4.39 Å². The summed E-state index contributed by atoms with van der Waals surface area (Å²) in [7, 11) is 3.64. The molecule has 0 aliphatic carbocycles. The highest BCUT2D eigenvalue weighted by Crippen LogP contribution is 2.26. The number of nitrogens with one attached hydrogen (secondary N) is 1. The molecule has 0 aliphatic heterocycles. The first-order chi connectivity index (χ1) is 8.77. The highest BCUT2D eigenvalue weighted by molar-refractivity contribution is 9.10. The number of halogens is 2. The van der Waals surface area contributed by atoms with Crippen molar-refractivity contribution < 1.29 is 9.13 Å². The van der Waals surface area contributed by atoms with E-state index in [0.29, 0.717) is 0 Å². The Morgan fingerprint density at radius 3 is 2.37 bits per heavy atom. The Balaban J connectivity index is 2.92. The van der Waals surface area contributed by atoms with Gasteiger partial charge < -0.3 is 10.1 Å². The lowest BCUT2D eigenvalue weighted by molar-refractivity contribution is -0.00922. The molecule has 0 amide bonds. The van der Waals surface area contributed by atoms with Gasteiger partial charge in [-0.25, -0.2) is 4.39 Å². The fourth-order valence-electron chi connectivity index (χ4n) is 2.46. The Morgan fingerprint density at radius 2 is 1.95 bits per heavy atom. The largest absolute Gasteiger partial charge is 0.379 e. The van der Waals surface area contributed by atoms with E-state index in [9.17, 15) is 4.39 Å². The van der Waals surface area contributed by atoms with E-state index >= 15 is 0 Å². The summed E-state index contributed by atoms with van der Waals surface area (Å²) in [5.41, 5.74) is 0.977. The molecule has 0 saturated heterocycles. The van der Waals surface area contributed by atoms with Crippen molar-refractivity contribution in [2.75, 3.05) is 14.2 Å². The van der Waals surface area contributed by atoms with Crippen LogP contribution in [-0.4, -0.2) is 26.3 Å². The molecule has 19 heavy (non-hydrogen) atoms. The standard InChI is InChI=1S/C15H23BrFNO/c1-15(2,3)14(19-5)13(18-4)8-10-6-11(16)9-12(17)7-10/h6-7,9,13-14,18H,8H2,1-5H3. The molecule has 0 radical (unpaired) electrons. The molecule has 108 valence electrons. The van der Waals surface area contributed by atoms with E-state index in [2.05, 4.69) is 42.0 Å². The van der Waals surface area contributed by atoms with E-state index in [1.54, 1.807) is 13.2 Å². The second-order valence-corrected chi connectivity index (χ2v) is 6.81. The highest BCUT2D eigenvalue weighted by atomic mass is 79.9. The van der Waals surface area contributed by atoms with Crippen LogP contribution < -0.4 is 5.32 Å². The Kier molecular flexibility index (Phi) is 5.96. The normalized spacial score (nSPS) is 15.3. The summed E-state index contributed by atoms with van der Waals surface area (Å²) in [6.45, 7) is 6.44. The summed E-state index contributed by atoms with van der Waals surface area (Å²) in [6, 6.07) is 5.13. The minimum absolute atomic E-state index is 0.0208. The quantitative estimate of drug-likeness (QED) is 0.886. The molecule has 2 atom stereocenters. The van der Waals surface area contributed by atoms with E-state index in [1.165, 1.54) is 6.07 Å². The summed E-state index contributed by atoms with van der Waals surface area (Å²) in [5, 5.41) is 3.28. The molecule has 1 N–H and O–H groups in total. The summed E-state index contributed by atoms with van der Waals surface area (Å²) < 4.78 is 19.8. The van der Waals surface area contributed by atoms with Crippen molar-refractivity contribution >= 4 is 15.9 Å². The predicted molar refractivity (Wildman–Crippen MR) is 80.9 cm³/mol. The van der Waals surface area contributed by atoms with Gasteiger partial charge in [0.25, 0.3) is 0 Å². The molecule has 1 aromatic rings. The summed E-state index contributed by atoms with van der Waals surface area (Å²) in [4.78, 5) is 0. The lowest BCUT2D eigenvalue weighted by Gasteiger charge is -2.36. The molecule has 0 bridgehead atoms. The van der Waals surface area contributed by atoms with Gasteiger partial charge in [0.15, 0.2) is 0 Å². The second kappa shape index (κ2) is 6.82. The number of hydrogen-bond donors (Lipinski definition) is 1. The Labute approximate surface area is 123 Å². The van der Waals surface area contributed by atoms with Gasteiger partial charge in [-0.2, -0.15) is 0 Å². The Bertz CT molecular complexity index is 397. The predicted octanol–water partition coefficient (Wildman–Crippen LogP) is 3.78. The molecule has 0 spiro atoms. The zero-order chi connectivity index (χ0) is 14.6. The molecule has 0 aliphatic rings. The first kappa shape index (κ1) is 16.6. The van der Waals surface area contributed by atoms with E-state index in [1.807, 2.05) is 13.1 Å². The monoisotopic (exact) mass is 331 g/mol.